The van der Waals surface area contributed by atoms with Crippen LogP contribution in [0.1, 0.15) is 13.3 Å². The van der Waals surface area contributed by atoms with Crippen LogP contribution < -0.4 is 10.6 Å². The molecule has 2 N–H and O–H groups in total. The van der Waals surface area contributed by atoms with Gasteiger partial charge in [0, 0.05) is 41.9 Å². The first-order valence-corrected chi connectivity index (χ1v) is 8.18. The van der Waals surface area contributed by atoms with Crippen molar-refractivity contribution in [3.8, 4) is 0 Å². The number of benzene rings is 1. The first-order chi connectivity index (χ1) is 10.1. The lowest BCUT2D eigenvalue weighted by Crippen LogP contribution is -2.39. The molecule has 2 atom stereocenters. The molecule has 1 aromatic rings. The SMILES string of the molecule is CC(=O)Nc1ccc(NC(=O)CN2C[C@@H]3C[C@H]2CS3)cc1. The van der Waals surface area contributed by atoms with Crippen molar-refractivity contribution in [2.24, 2.45) is 0 Å². The van der Waals surface area contributed by atoms with Gasteiger partial charge in [-0.3, -0.25) is 14.5 Å². The number of carbonyl (C=O) groups is 2. The highest BCUT2D eigenvalue weighted by atomic mass is 32.2. The van der Waals surface area contributed by atoms with Gasteiger partial charge in [0.25, 0.3) is 0 Å². The fourth-order valence-corrected chi connectivity index (χ4v) is 4.39. The number of carbonyl (C=O) groups excluding carboxylic acids is 2. The van der Waals surface area contributed by atoms with Crippen molar-refractivity contribution < 1.29 is 9.59 Å². The Labute approximate surface area is 128 Å². The van der Waals surface area contributed by atoms with Gasteiger partial charge >= 0.3 is 0 Å². The van der Waals surface area contributed by atoms with E-state index in [1.807, 2.05) is 11.8 Å². The van der Waals surface area contributed by atoms with Crippen LogP contribution in [0.25, 0.3) is 0 Å². The van der Waals surface area contributed by atoms with E-state index in [1.165, 1.54) is 13.3 Å². The van der Waals surface area contributed by atoms with E-state index in [4.69, 9.17) is 0 Å². The lowest BCUT2D eigenvalue weighted by Gasteiger charge is -2.25. The summed E-state index contributed by atoms with van der Waals surface area (Å²) in [5, 5.41) is 6.33. The molecule has 21 heavy (non-hydrogen) atoms. The molecule has 3 rings (SSSR count). The number of likely N-dealkylation sites (tertiary alicyclic amines) is 1. The molecule has 2 heterocycles. The molecule has 2 fully saturated rings. The third-order valence-corrected chi connectivity index (χ3v) is 5.24. The van der Waals surface area contributed by atoms with Crippen molar-refractivity contribution in [2.45, 2.75) is 24.6 Å². The van der Waals surface area contributed by atoms with Crippen molar-refractivity contribution in [2.75, 3.05) is 29.5 Å². The van der Waals surface area contributed by atoms with Crippen LogP contribution in [-0.2, 0) is 9.59 Å². The number of thioether (sulfide) groups is 1. The minimum atomic E-state index is -0.103. The molecule has 1 aromatic carbocycles. The molecule has 0 saturated carbocycles. The molecular formula is C15H19N3O2S. The van der Waals surface area contributed by atoms with Crippen molar-refractivity contribution in [1.82, 2.24) is 4.90 Å². The fourth-order valence-electron chi connectivity index (χ4n) is 2.90. The topological polar surface area (TPSA) is 61.4 Å². The zero-order valence-corrected chi connectivity index (χ0v) is 12.8. The first-order valence-electron chi connectivity index (χ1n) is 7.13. The zero-order valence-electron chi connectivity index (χ0n) is 12.0. The van der Waals surface area contributed by atoms with Crippen LogP contribution in [0.4, 0.5) is 11.4 Å². The number of fused-ring (bicyclic) bond motifs is 2. The number of nitrogens with zero attached hydrogens (tertiary/aromatic N) is 1. The molecule has 2 aliphatic rings. The maximum atomic E-state index is 12.1. The number of anilines is 2. The van der Waals surface area contributed by atoms with Crippen LogP contribution in [0.15, 0.2) is 24.3 Å². The van der Waals surface area contributed by atoms with E-state index in [1.54, 1.807) is 24.3 Å². The van der Waals surface area contributed by atoms with Crippen molar-refractivity contribution in [3.05, 3.63) is 24.3 Å². The van der Waals surface area contributed by atoms with Crippen molar-refractivity contribution in [1.29, 1.82) is 0 Å². The summed E-state index contributed by atoms with van der Waals surface area (Å²) in [6.45, 7) is 2.97. The first kappa shape index (κ1) is 14.4. The van der Waals surface area contributed by atoms with Crippen LogP contribution in [0.5, 0.6) is 0 Å². The number of amides is 2. The van der Waals surface area contributed by atoms with Gasteiger partial charge in [-0.15, -0.1) is 0 Å². The van der Waals surface area contributed by atoms with E-state index in [0.29, 0.717) is 12.6 Å². The minimum Gasteiger partial charge on any atom is -0.326 e. The summed E-state index contributed by atoms with van der Waals surface area (Å²) >= 11 is 2.03. The molecule has 0 spiro atoms. The lowest BCUT2D eigenvalue weighted by atomic mass is 10.2. The Morgan fingerprint density at radius 2 is 1.90 bits per heavy atom. The smallest absolute Gasteiger partial charge is 0.238 e. The predicted octanol–water partition coefficient (Wildman–Crippen LogP) is 1.77. The molecule has 0 radical (unpaired) electrons. The Bertz CT molecular complexity index is 546. The van der Waals surface area contributed by atoms with E-state index < -0.39 is 0 Å². The summed E-state index contributed by atoms with van der Waals surface area (Å²) < 4.78 is 0. The normalized spacial score (nSPS) is 24.0. The lowest BCUT2D eigenvalue weighted by molar-refractivity contribution is -0.117. The summed E-state index contributed by atoms with van der Waals surface area (Å²) in [4.78, 5) is 25.3. The molecule has 2 aliphatic heterocycles. The van der Waals surface area contributed by atoms with Crippen molar-refractivity contribution >= 4 is 35.0 Å². The summed E-state index contributed by atoms with van der Waals surface area (Å²) in [6.07, 6.45) is 1.23. The third kappa shape index (κ3) is 3.57. The molecule has 2 amide bonds. The molecule has 5 nitrogen and oxygen atoms in total. The van der Waals surface area contributed by atoms with Crippen LogP contribution >= 0.6 is 11.8 Å². The second-order valence-electron chi connectivity index (χ2n) is 5.58. The van der Waals surface area contributed by atoms with Gasteiger partial charge in [-0.2, -0.15) is 11.8 Å². The van der Waals surface area contributed by atoms with Crippen LogP contribution in [0, 0.1) is 0 Å². The number of nitrogens with one attached hydrogen (secondary N) is 2. The van der Waals surface area contributed by atoms with Gasteiger partial charge in [0.2, 0.25) is 11.8 Å². The second-order valence-corrected chi connectivity index (χ2v) is 6.91. The van der Waals surface area contributed by atoms with Crippen LogP contribution in [0.2, 0.25) is 0 Å². The number of hydrogen-bond acceptors (Lipinski definition) is 4. The van der Waals surface area contributed by atoms with E-state index in [-0.39, 0.29) is 11.8 Å². The van der Waals surface area contributed by atoms with Crippen LogP contribution in [0.3, 0.4) is 0 Å². The molecule has 2 bridgehead atoms. The van der Waals surface area contributed by atoms with E-state index in [9.17, 15) is 9.59 Å². The maximum Gasteiger partial charge on any atom is 0.238 e. The van der Waals surface area contributed by atoms with E-state index in [2.05, 4.69) is 15.5 Å². The van der Waals surface area contributed by atoms with Crippen LogP contribution in [-0.4, -0.2) is 46.8 Å². The Morgan fingerprint density at radius 3 is 2.43 bits per heavy atom. The molecule has 112 valence electrons. The molecule has 6 heteroatoms. The highest BCUT2D eigenvalue weighted by Crippen LogP contribution is 2.37. The third-order valence-electron chi connectivity index (χ3n) is 3.85. The summed E-state index contributed by atoms with van der Waals surface area (Å²) in [5.74, 6) is 1.08. The summed E-state index contributed by atoms with van der Waals surface area (Å²) in [7, 11) is 0. The molecule has 0 aliphatic carbocycles. The largest absolute Gasteiger partial charge is 0.326 e. The van der Waals surface area contributed by atoms with Gasteiger partial charge in [0.05, 0.1) is 6.54 Å². The number of hydrogen-bond donors (Lipinski definition) is 2. The van der Waals surface area contributed by atoms with E-state index in [0.717, 1.165) is 28.9 Å². The Balaban J connectivity index is 1.51. The highest BCUT2D eigenvalue weighted by molar-refractivity contribution is 8.00. The average molecular weight is 305 g/mol. The monoisotopic (exact) mass is 305 g/mol. The summed E-state index contributed by atoms with van der Waals surface area (Å²) in [5.41, 5.74) is 1.49. The van der Waals surface area contributed by atoms with Gasteiger partial charge < -0.3 is 10.6 Å². The van der Waals surface area contributed by atoms with Gasteiger partial charge in [0.15, 0.2) is 0 Å². The maximum absolute atomic E-state index is 12.1. The molecule has 2 saturated heterocycles. The second kappa shape index (κ2) is 6.07. The highest BCUT2D eigenvalue weighted by Gasteiger charge is 2.38. The fraction of sp³-hybridized carbons (Fsp3) is 0.467. The van der Waals surface area contributed by atoms with Gasteiger partial charge in [-0.25, -0.2) is 0 Å². The van der Waals surface area contributed by atoms with E-state index >= 15 is 0 Å². The van der Waals surface area contributed by atoms with Crippen molar-refractivity contribution in [3.63, 3.8) is 0 Å². The summed E-state index contributed by atoms with van der Waals surface area (Å²) in [6, 6.07) is 7.74. The zero-order chi connectivity index (χ0) is 14.8. The molecule has 0 aromatic heterocycles. The molecule has 0 unspecified atom stereocenters. The van der Waals surface area contributed by atoms with Gasteiger partial charge in [0.1, 0.15) is 0 Å². The Kier molecular flexibility index (Phi) is 4.17. The molecular weight excluding hydrogens is 286 g/mol. The predicted molar refractivity (Wildman–Crippen MR) is 85.6 cm³/mol. The standard InChI is InChI=1S/C15H19N3O2S/c1-10(19)16-11-2-4-12(5-3-11)17-15(20)8-18-7-14-6-13(18)9-21-14/h2-5,13-14H,6-9H2,1H3,(H,16,19)(H,17,20)/t13-,14-/m0/s1. The van der Waals surface area contributed by atoms with Gasteiger partial charge in [-0.05, 0) is 30.7 Å². The minimum absolute atomic E-state index is 0.0276. The average Bonchev–Trinajstić information content (AvgIpc) is 3.02. The number of rotatable bonds is 4. The van der Waals surface area contributed by atoms with Gasteiger partial charge in [-0.1, -0.05) is 0 Å². The quantitative estimate of drug-likeness (QED) is 0.890. The Hall–Kier alpha value is -1.53. The Morgan fingerprint density at radius 1 is 1.24 bits per heavy atom.